The molecule has 2 rings (SSSR count). The second-order valence-electron chi connectivity index (χ2n) is 4.55. The lowest BCUT2D eigenvalue weighted by Crippen LogP contribution is -2.05. The maximum absolute atomic E-state index is 11.0. The topological polar surface area (TPSA) is 128 Å². The number of carbonyl (C=O) groups excluding carboxylic acids is 1. The summed E-state index contributed by atoms with van der Waals surface area (Å²) < 4.78 is 30.7. The Hall–Kier alpha value is -2.78. The molecule has 0 heterocycles. The van der Waals surface area contributed by atoms with Crippen molar-refractivity contribution in [1.82, 2.24) is 0 Å². The van der Waals surface area contributed by atoms with Gasteiger partial charge in [-0.2, -0.15) is 13.5 Å². The number of benzene rings is 2. The minimum Gasteiger partial charge on any atom is -0.506 e. The van der Waals surface area contributed by atoms with E-state index in [4.69, 9.17) is 4.55 Å². The zero-order valence-electron chi connectivity index (χ0n) is 12.0. The molecule has 0 aromatic heterocycles. The van der Waals surface area contributed by atoms with Gasteiger partial charge in [-0.3, -0.25) is 9.35 Å². The van der Waals surface area contributed by atoms with E-state index in [1.165, 1.54) is 49.4 Å². The average Bonchev–Trinajstić information content (AvgIpc) is 2.47. The summed E-state index contributed by atoms with van der Waals surface area (Å²) in [7, 11) is -4.26. The van der Waals surface area contributed by atoms with E-state index in [1.54, 1.807) is 0 Å². The molecule has 0 saturated heterocycles. The van der Waals surface area contributed by atoms with Crippen LogP contribution >= 0.6 is 0 Å². The zero-order valence-corrected chi connectivity index (χ0v) is 12.8. The smallest absolute Gasteiger partial charge is 0.294 e. The fourth-order valence-corrected chi connectivity index (χ4v) is 2.16. The molecule has 0 radical (unpaired) electrons. The normalized spacial score (nSPS) is 11.6. The lowest BCUT2D eigenvalue weighted by Gasteiger charge is -2.04. The molecule has 0 saturated carbocycles. The van der Waals surface area contributed by atoms with Gasteiger partial charge in [0.2, 0.25) is 5.91 Å². The summed E-state index contributed by atoms with van der Waals surface area (Å²) in [5, 5.41) is 20.0. The number of hydrogen-bond donors (Lipinski definition) is 3. The molecule has 0 aliphatic rings. The van der Waals surface area contributed by atoms with Gasteiger partial charge in [0.15, 0.2) is 0 Å². The van der Waals surface area contributed by atoms with Crippen molar-refractivity contribution in [1.29, 1.82) is 0 Å². The van der Waals surface area contributed by atoms with Gasteiger partial charge in [0.05, 0.1) is 10.6 Å². The summed E-state index contributed by atoms with van der Waals surface area (Å²) >= 11 is 0. The van der Waals surface area contributed by atoms with E-state index in [9.17, 15) is 18.3 Å². The standard InChI is InChI=1S/C14H13N3O5S/c1-9(18)15-11-4-7-14(19)13(8-11)17-16-10-2-5-12(6-3-10)23(20,21)22/h2-8,19H,1H3,(H,15,18)(H,20,21,22). The van der Waals surface area contributed by atoms with Gasteiger partial charge in [-0.1, -0.05) is 0 Å². The molecular weight excluding hydrogens is 322 g/mol. The molecular formula is C14H13N3O5S. The Morgan fingerprint density at radius 2 is 1.74 bits per heavy atom. The lowest BCUT2D eigenvalue weighted by atomic mass is 10.2. The Labute approximate surface area is 132 Å². The third kappa shape index (κ3) is 4.59. The summed E-state index contributed by atoms with van der Waals surface area (Å²) in [6.45, 7) is 1.35. The highest BCUT2D eigenvalue weighted by atomic mass is 32.2. The number of carbonyl (C=O) groups is 1. The van der Waals surface area contributed by atoms with Crippen LogP contribution in [0.25, 0.3) is 0 Å². The van der Waals surface area contributed by atoms with Gasteiger partial charge >= 0.3 is 0 Å². The summed E-state index contributed by atoms with van der Waals surface area (Å²) in [5.41, 5.74) is 0.905. The van der Waals surface area contributed by atoms with Gasteiger partial charge in [0, 0.05) is 12.6 Å². The number of nitrogens with one attached hydrogen (secondary N) is 1. The van der Waals surface area contributed by atoms with E-state index in [-0.39, 0.29) is 22.2 Å². The van der Waals surface area contributed by atoms with Crippen LogP contribution in [0.3, 0.4) is 0 Å². The summed E-state index contributed by atoms with van der Waals surface area (Å²) in [5.74, 6) is -0.392. The number of aromatic hydroxyl groups is 1. The van der Waals surface area contributed by atoms with E-state index in [1.807, 2.05) is 0 Å². The summed E-state index contributed by atoms with van der Waals surface area (Å²) in [6, 6.07) is 9.36. The molecule has 3 N–H and O–H groups in total. The lowest BCUT2D eigenvalue weighted by molar-refractivity contribution is -0.114. The highest BCUT2D eigenvalue weighted by Gasteiger charge is 2.08. The Morgan fingerprint density at radius 3 is 2.30 bits per heavy atom. The Morgan fingerprint density at radius 1 is 1.09 bits per heavy atom. The predicted octanol–water partition coefficient (Wildman–Crippen LogP) is 3.01. The van der Waals surface area contributed by atoms with E-state index < -0.39 is 10.1 Å². The fraction of sp³-hybridized carbons (Fsp3) is 0.0714. The molecule has 0 aliphatic carbocycles. The highest BCUT2D eigenvalue weighted by molar-refractivity contribution is 7.85. The largest absolute Gasteiger partial charge is 0.506 e. The van der Waals surface area contributed by atoms with E-state index in [0.29, 0.717) is 11.4 Å². The number of azo groups is 1. The Balaban J connectivity index is 2.24. The molecule has 0 unspecified atom stereocenters. The van der Waals surface area contributed by atoms with Crippen LogP contribution in [0.1, 0.15) is 6.92 Å². The van der Waals surface area contributed by atoms with Crippen molar-refractivity contribution in [3.05, 3.63) is 42.5 Å². The van der Waals surface area contributed by atoms with Crippen molar-refractivity contribution in [2.24, 2.45) is 10.2 Å². The highest BCUT2D eigenvalue weighted by Crippen LogP contribution is 2.31. The van der Waals surface area contributed by atoms with Gasteiger partial charge < -0.3 is 10.4 Å². The number of anilines is 1. The number of phenolic OH excluding ortho intramolecular Hbond substituents is 1. The number of rotatable bonds is 4. The number of amides is 1. The summed E-state index contributed by atoms with van der Waals surface area (Å²) in [4.78, 5) is 10.7. The molecule has 9 heteroatoms. The molecule has 120 valence electrons. The van der Waals surface area contributed by atoms with E-state index >= 15 is 0 Å². The molecule has 0 fully saturated rings. The van der Waals surface area contributed by atoms with Crippen LogP contribution in [0.4, 0.5) is 17.1 Å². The zero-order chi connectivity index (χ0) is 17.0. The monoisotopic (exact) mass is 335 g/mol. The number of hydrogen-bond acceptors (Lipinski definition) is 6. The Kier molecular flexibility index (Phi) is 4.72. The maximum Gasteiger partial charge on any atom is 0.294 e. The quantitative estimate of drug-likeness (QED) is 0.449. The Bertz CT molecular complexity index is 860. The van der Waals surface area contributed by atoms with Crippen molar-refractivity contribution < 1.29 is 22.9 Å². The van der Waals surface area contributed by atoms with Crippen molar-refractivity contribution in [2.75, 3.05) is 5.32 Å². The first-order chi connectivity index (χ1) is 10.8. The second-order valence-corrected chi connectivity index (χ2v) is 5.98. The fourth-order valence-electron chi connectivity index (χ4n) is 1.68. The van der Waals surface area contributed by atoms with Crippen LogP contribution in [-0.2, 0) is 14.9 Å². The predicted molar refractivity (Wildman–Crippen MR) is 82.8 cm³/mol. The van der Waals surface area contributed by atoms with Crippen LogP contribution in [-0.4, -0.2) is 24.0 Å². The van der Waals surface area contributed by atoms with Crippen molar-refractivity contribution in [3.8, 4) is 5.75 Å². The van der Waals surface area contributed by atoms with Crippen molar-refractivity contribution in [3.63, 3.8) is 0 Å². The molecule has 0 aliphatic heterocycles. The molecule has 0 bridgehead atoms. The number of phenols is 1. The minimum absolute atomic E-state index is 0.127. The first-order valence-corrected chi connectivity index (χ1v) is 7.79. The van der Waals surface area contributed by atoms with E-state index in [0.717, 1.165) is 0 Å². The first-order valence-electron chi connectivity index (χ1n) is 6.35. The molecule has 2 aromatic rings. The first kappa shape index (κ1) is 16.6. The van der Waals surface area contributed by atoms with Gasteiger partial charge in [-0.15, -0.1) is 5.11 Å². The van der Waals surface area contributed by atoms with Crippen LogP contribution in [0.15, 0.2) is 57.6 Å². The molecule has 0 atom stereocenters. The van der Waals surface area contributed by atoms with Gasteiger partial charge in [-0.05, 0) is 42.5 Å². The average molecular weight is 335 g/mol. The molecule has 23 heavy (non-hydrogen) atoms. The van der Waals surface area contributed by atoms with Crippen molar-refractivity contribution in [2.45, 2.75) is 11.8 Å². The third-order valence-electron chi connectivity index (χ3n) is 2.70. The third-order valence-corrected chi connectivity index (χ3v) is 3.57. The van der Waals surface area contributed by atoms with Gasteiger partial charge in [-0.25, -0.2) is 0 Å². The maximum atomic E-state index is 11.0. The van der Waals surface area contributed by atoms with Crippen LogP contribution < -0.4 is 5.32 Å². The van der Waals surface area contributed by atoms with Gasteiger partial charge in [0.25, 0.3) is 10.1 Å². The number of nitrogens with zero attached hydrogens (tertiary/aromatic N) is 2. The van der Waals surface area contributed by atoms with Crippen molar-refractivity contribution >= 4 is 33.1 Å². The second kappa shape index (κ2) is 6.55. The SMILES string of the molecule is CC(=O)Nc1ccc(O)c(N=Nc2ccc(S(=O)(=O)O)cc2)c1. The van der Waals surface area contributed by atoms with Crippen LogP contribution in [0, 0.1) is 0 Å². The van der Waals surface area contributed by atoms with Gasteiger partial charge in [0.1, 0.15) is 11.4 Å². The van der Waals surface area contributed by atoms with Crippen LogP contribution in [0.5, 0.6) is 5.75 Å². The molecule has 1 amide bonds. The van der Waals surface area contributed by atoms with Crippen LogP contribution in [0.2, 0.25) is 0 Å². The minimum atomic E-state index is -4.26. The summed E-state index contributed by atoms with van der Waals surface area (Å²) in [6.07, 6.45) is 0. The molecule has 8 nitrogen and oxygen atoms in total. The molecule has 0 spiro atoms. The molecule has 2 aromatic carbocycles. The van der Waals surface area contributed by atoms with E-state index in [2.05, 4.69) is 15.5 Å².